The van der Waals surface area contributed by atoms with E-state index in [-0.39, 0.29) is 23.8 Å². The Kier molecular flexibility index (Phi) is 7.40. The third-order valence-electron chi connectivity index (χ3n) is 3.32. The summed E-state index contributed by atoms with van der Waals surface area (Å²) in [5, 5.41) is 3.09. The van der Waals surface area contributed by atoms with Crippen LogP contribution in [0.15, 0.2) is 40.3 Å². The van der Waals surface area contributed by atoms with Crippen molar-refractivity contribution in [3.05, 3.63) is 51.9 Å². The van der Waals surface area contributed by atoms with Crippen molar-refractivity contribution < 1.29 is 14.3 Å². The molecule has 0 radical (unpaired) electrons. The van der Waals surface area contributed by atoms with E-state index >= 15 is 0 Å². The first kappa shape index (κ1) is 19.7. The maximum atomic E-state index is 12.2. The van der Waals surface area contributed by atoms with E-state index < -0.39 is 5.97 Å². The molecule has 2 N–H and O–H groups in total. The lowest BCUT2D eigenvalue weighted by atomic mass is 10.2. The van der Waals surface area contributed by atoms with Crippen LogP contribution in [-0.4, -0.2) is 34.2 Å². The van der Waals surface area contributed by atoms with Crippen LogP contribution in [0, 0.1) is 0 Å². The zero-order valence-corrected chi connectivity index (χ0v) is 15.5. The van der Waals surface area contributed by atoms with Crippen molar-refractivity contribution in [2.24, 2.45) is 0 Å². The van der Waals surface area contributed by atoms with Crippen LogP contribution in [0.3, 0.4) is 0 Å². The SMILES string of the molecule is CCCc1cc(=O)[nH]c(SCC(=O)Nc2ccccc2C(=O)OCC)n1. The topological polar surface area (TPSA) is 101 Å². The molecular weight excluding hydrogens is 354 g/mol. The highest BCUT2D eigenvalue weighted by atomic mass is 32.2. The molecule has 0 fully saturated rings. The standard InChI is InChI=1S/C18H21N3O4S/c1-3-7-12-10-15(22)21-18(19-12)26-11-16(23)20-14-9-6-5-8-13(14)17(24)25-4-2/h5-6,8-10H,3-4,7,11H2,1-2H3,(H,20,23)(H,19,21,22). The van der Waals surface area contributed by atoms with Crippen molar-refractivity contribution in [3.63, 3.8) is 0 Å². The maximum absolute atomic E-state index is 12.2. The van der Waals surface area contributed by atoms with Gasteiger partial charge in [0.25, 0.3) is 5.56 Å². The molecule has 0 spiro atoms. The molecule has 0 aliphatic carbocycles. The summed E-state index contributed by atoms with van der Waals surface area (Å²) in [6, 6.07) is 8.11. The molecular formula is C18H21N3O4S. The number of H-pyrrole nitrogens is 1. The van der Waals surface area contributed by atoms with Crippen molar-refractivity contribution in [1.82, 2.24) is 9.97 Å². The van der Waals surface area contributed by atoms with E-state index in [0.717, 1.165) is 18.2 Å². The van der Waals surface area contributed by atoms with Gasteiger partial charge in [0.15, 0.2) is 5.16 Å². The van der Waals surface area contributed by atoms with Crippen LogP contribution < -0.4 is 10.9 Å². The Morgan fingerprint density at radius 1 is 1.27 bits per heavy atom. The highest BCUT2D eigenvalue weighted by molar-refractivity contribution is 7.99. The van der Waals surface area contributed by atoms with Crippen molar-refractivity contribution in [1.29, 1.82) is 0 Å². The number of aryl methyl sites for hydroxylation is 1. The van der Waals surface area contributed by atoms with Crippen LogP contribution in [0.2, 0.25) is 0 Å². The minimum atomic E-state index is -0.491. The number of esters is 1. The molecule has 0 unspecified atom stereocenters. The van der Waals surface area contributed by atoms with Gasteiger partial charge in [0.05, 0.1) is 23.6 Å². The summed E-state index contributed by atoms with van der Waals surface area (Å²) >= 11 is 1.13. The van der Waals surface area contributed by atoms with Crippen molar-refractivity contribution >= 4 is 29.3 Å². The molecule has 138 valence electrons. The molecule has 0 saturated heterocycles. The molecule has 0 aliphatic rings. The predicted octanol–water partition coefficient (Wildman–Crippen LogP) is 2.63. The van der Waals surface area contributed by atoms with Gasteiger partial charge in [0, 0.05) is 11.8 Å². The van der Waals surface area contributed by atoms with Crippen LogP contribution >= 0.6 is 11.8 Å². The lowest BCUT2D eigenvalue weighted by molar-refractivity contribution is -0.113. The van der Waals surface area contributed by atoms with Crippen LogP contribution in [0.1, 0.15) is 36.3 Å². The van der Waals surface area contributed by atoms with Crippen LogP contribution in [-0.2, 0) is 16.0 Å². The number of anilines is 1. The molecule has 1 aromatic heterocycles. The number of amides is 1. The molecule has 1 heterocycles. The monoisotopic (exact) mass is 375 g/mol. The average Bonchev–Trinajstić information content (AvgIpc) is 2.60. The number of ether oxygens (including phenoxy) is 1. The summed E-state index contributed by atoms with van der Waals surface area (Å²) in [5.74, 6) is -0.750. The second-order valence-corrected chi connectivity index (χ2v) is 6.36. The molecule has 0 atom stereocenters. The van der Waals surface area contributed by atoms with Crippen molar-refractivity contribution in [2.75, 3.05) is 17.7 Å². The summed E-state index contributed by atoms with van der Waals surface area (Å²) in [7, 11) is 0. The van der Waals surface area contributed by atoms with Gasteiger partial charge >= 0.3 is 5.97 Å². The Morgan fingerprint density at radius 3 is 2.77 bits per heavy atom. The fourth-order valence-corrected chi connectivity index (χ4v) is 2.93. The van der Waals surface area contributed by atoms with Gasteiger partial charge in [0.2, 0.25) is 5.91 Å². The maximum Gasteiger partial charge on any atom is 0.340 e. The van der Waals surface area contributed by atoms with Gasteiger partial charge in [-0.05, 0) is 25.5 Å². The minimum Gasteiger partial charge on any atom is -0.462 e. The first-order valence-electron chi connectivity index (χ1n) is 8.32. The fourth-order valence-electron chi connectivity index (χ4n) is 2.24. The number of rotatable bonds is 8. The largest absolute Gasteiger partial charge is 0.462 e. The average molecular weight is 375 g/mol. The number of nitrogens with zero attached hydrogens (tertiary/aromatic N) is 1. The van der Waals surface area contributed by atoms with Gasteiger partial charge in [-0.2, -0.15) is 0 Å². The van der Waals surface area contributed by atoms with Gasteiger partial charge in [-0.15, -0.1) is 0 Å². The Balaban J connectivity index is 2.02. The molecule has 26 heavy (non-hydrogen) atoms. The quantitative estimate of drug-likeness (QED) is 0.418. The Hall–Kier alpha value is -2.61. The normalized spacial score (nSPS) is 10.4. The lowest BCUT2D eigenvalue weighted by Gasteiger charge is -2.10. The number of benzene rings is 1. The van der Waals surface area contributed by atoms with E-state index in [1.54, 1.807) is 31.2 Å². The van der Waals surface area contributed by atoms with Crippen molar-refractivity contribution in [3.8, 4) is 0 Å². The summed E-state index contributed by atoms with van der Waals surface area (Å²) in [6.45, 7) is 3.98. The van der Waals surface area contributed by atoms with E-state index in [4.69, 9.17) is 4.74 Å². The second kappa shape index (κ2) is 9.76. The van der Waals surface area contributed by atoms with Gasteiger partial charge in [-0.3, -0.25) is 9.59 Å². The highest BCUT2D eigenvalue weighted by Gasteiger charge is 2.14. The van der Waals surface area contributed by atoms with Crippen LogP contribution in [0.25, 0.3) is 0 Å². The first-order chi connectivity index (χ1) is 12.5. The van der Waals surface area contributed by atoms with Gasteiger partial charge in [-0.1, -0.05) is 37.2 Å². The molecule has 7 nitrogen and oxygen atoms in total. The van der Waals surface area contributed by atoms with Gasteiger partial charge < -0.3 is 15.0 Å². The molecule has 8 heteroatoms. The molecule has 2 rings (SSSR count). The smallest absolute Gasteiger partial charge is 0.340 e. The number of nitrogens with one attached hydrogen (secondary N) is 2. The second-order valence-electron chi connectivity index (χ2n) is 5.39. The zero-order valence-electron chi connectivity index (χ0n) is 14.7. The number of hydrogen-bond donors (Lipinski definition) is 2. The third-order valence-corrected chi connectivity index (χ3v) is 4.19. The van der Waals surface area contributed by atoms with Crippen LogP contribution in [0.5, 0.6) is 0 Å². The Bertz CT molecular complexity index is 835. The lowest BCUT2D eigenvalue weighted by Crippen LogP contribution is -2.18. The summed E-state index contributed by atoms with van der Waals surface area (Å²) in [5.41, 5.74) is 1.15. The van der Waals surface area contributed by atoms with E-state index in [9.17, 15) is 14.4 Å². The number of hydrogen-bond acceptors (Lipinski definition) is 6. The third kappa shape index (κ3) is 5.73. The molecule has 1 aromatic carbocycles. The predicted molar refractivity (Wildman–Crippen MR) is 101 cm³/mol. The van der Waals surface area contributed by atoms with E-state index in [1.807, 2.05) is 6.92 Å². The van der Waals surface area contributed by atoms with E-state index in [1.165, 1.54) is 6.07 Å². The number of para-hydroxylation sites is 1. The van der Waals surface area contributed by atoms with Gasteiger partial charge in [0.1, 0.15) is 0 Å². The molecule has 0 saturated carbocycles. The highest BCUT2D eigenvalue weighted by Crippen LogP contribution is 2.18. The fraction of sp³-hybridized carbons (Fsp3) is 0.333. The Morgan fingerprint density at radius 2 is 2.04 bits per heavy atom. The van der Waals surface area contributed by atoms with E-state index in [2.05, 4.69) is 15.3 Å². The number of aromatic nitrogens is 2. The molecule has 1 amide bonds. The number of aromatic amines is 1. The van der Waals surface area contributed by atoms with Crippen molar-refractivity contribution in [2.45, 2.75) is 31.8 Å². The Labute approximate surface area is 155 Å². The number of carbonyl (C=O) groups is 2. The summed E-state index contributed by atoms with van der Waals surface area (Å²) < 4.78 is 4.98. The zero-order chi connectivity index (χ0) is 18.9. The number of thioether (sulfide) groups is 1. The molecule has 0 aliphatic heterocycles. The van der Waals surface area contributed by atoms with Gasteiger partial charge in [-0.25, -0.2) is 9.78 Å². The summed E-state index contributed by atoms with van der Waals surface area (Å²) in [6.07, 6.45) is 1.59. The summed E-state index contributed by atoms with van der Waals surface area (Å²) in [4.78, 5) is 42.7. The van der Waals surface area contributed by atoms with Crippen LogP contribution in [0.4, 0.5) is 5.69 Å². The minimum absolute atomic E-state index is 0.0513. The first-order valence-corrected chi connectivity index (χ1v) is 9.31. The molecule has 2 aromatic rings. The number of carbonyl (C=O) groups excluding carboxylic acids is 2. The van der Waals surface area contributed by atoms with E-state index in [0.29, 0.717) is 28.5 Å². The molecule has 0 bridgehead atoms.